The minimum atomic E-state index is -0.604. The van der Waals surface area contributed by atoms with E-state index in [0.29, 0.717) is 47.4 Å². The second kappa shape index (κ2) is 12.5. The Labute approximate surface area is 223 Å². The molecule has 5 rings (SSSR count). The van der Waals surface area contributed by atoms with Crippen LogP contribution in [0.3, 0.4) is 0 Å². The van der Waals surface area contributed by atoms with Crippen LogP contribution in [0.5, 0.6) is 0 Å². The Morgan fingerprint density at radius 3 is 2.62 bits per heavy atom. The number of halogens is 1. The molecule has 1 fully saturated rings. The quantitative estimate of drug-likeness (QED) is 0.241. The number of aromatic nitrogens is 5. The summed E-state index contributed by atoms with van der Waals surface area (Å²) in [5.41, 5.74) is 3.38. The number of aromatic amines is 1. The molecule has 4 aromatic rings. The van der Waals surface area contributed by atoms with Crippen LogP contribution in [0.4, 0.5) is 10.3 Å². The van der Waals surface area contributed by atoms with Crippen molar-refractivity contribution in [1.82, 2.24) is 30.2 Å². The number of nitrogens with zero attached hydrogens (tertiary/aromatic N) is 4. The second-order valence-electron chi connectivity index (χ2n) is 8.87. The van der Waals surface area contributed by atoms with E-state index in [-0.39, 0.29) is 38.1 Å². The van der Waals surface area contributed by atoms with E-state index in [2.05, 4.69) is 30.6 Å². The van der Waals surface area contributed by atoms with Crippen LogP contribution in [0.15, 0.2) is 60.9 Å². The van der Waals surface area contributed by atoms with Crippen molar-refractivity contribution in [2.75, 3.05) is 31.7 Å². The fraction of sp³-hybridized carbons (Fsp3) is 0.296. The zero-order valence-corrected chi connectivity index (χ0v) is 21.0. The van der Waals surface area contributed by atoms with Crippen LogP contribution in [0, 0.1) is 11.7 Å². The standard InChI is InChI=1S/C27H28FN7O4/c28-19-6-4-17(5-7-19)24-25(21-8-10-31-27(33-21)32-14-20-3-1-2-9-29-20)35-22(34-24)13-23-38-15-18(16-39-23)26(37)30-11-12-36/h1-10,18,23,36H,11-16H2,(H,30,37)(H,34,35)(H,31,32,33). The summed E-state index contributed by atoms with van der Waals surface area (Å²) in [4.78, 5) is 33.5. The summed E-state index contributed by atoms with van der Waals surface area (Å²) in [5, 5.41) is 14.7. The van der Waals surface area contributed by atoms with Gasteiger partial charge in [0.15, 0.2) is 6.29 Å². The molecule has 12 heteroatoms. The zero-order valence-electron chi connectivity index (χ0n) is 21.0. The number of benzene rings is 1. The van der Waals surface area contributed by atoms with Gasteiger partial charge in [0.25, 0.3) is 0 Å². The molecule has 11 nitrogen and oxygen atoms in total. The van der Waals surface area contributed by atoms with Gasteiger partial charge in [-0.3, -0.25) is 9.78 Å². The molecule has 202 valence electrons. The van der Waals surface area contributed by atoms with Crippen molar-refractivity contribution in [2.24, 2.45) is 5.92 Å². The Hall–Kier alpha value is -4.26. The SMILES string of the molecule is O=C(NCCO)C1COC(Cc2nc(-c3ccc(F)cc3)c(-c3ccnc(NCc4ccccn4)n3)[nH]2)OC1. The van der Waals surface area contributed by atoms with Gasteiger partial charge in [-0.25, -0.2) is 19.3 Å². The summed E-state index contributed by atoms with van der Waals surface area (Å²) in [6, 6.07) is 13.5. The average Bonchev–Trinajstić information content (AvgIpc) is 3.40. The predicted octanol–water partition coefficient (Wildman–Crippen LogP) is 2.32. The summed E-state index contributed by atoms with van der Waals surface area (Å²) in [5.74, 6) is -0.0195. The lowest BCUT2D eigenvalue weighted by Gasteiger charge is -2.28. The average molecular weight is 534 g/mol. The van der Waals surface area contributed by atoms with Crippen LogP contribution in [0.2, 0.25) is 0 Å². The van der Waals surface area contributed by atoms with Gasteiger partial charge in [-0.05, 0) is 42.5 Å². The van der Waals surface area contributed by atoms with Gasteiger partial charge in [0.1, 0.15) is 11.6 Å². The fourth-order valence-electron chi connectivity index (χ4n) is 4.07. The topological polar surface area (TPSA) is 147 Å². The van der Waals surface area contributed by atoms with Crippen LogP contribution in [0.25, 0.3) is 22.6 Å². The van der Waals surface area contributed by atoms with E-state index >= 15 is 0 Å². The number of imidazole rings is 1. The highest BCUT2D eigenvalue weighted by Crippen LogP contribution is 2.30. The molecule has 3 aromatic heterocycles. The number of amides is 1. The number of hydrogen-bond donors (Lipinski definition) is 4. The molecule has 0 bridgehead atoms. The number of ether oxygens (including phenoxy) is 2. The maximum atomic E-state index is 13.6. The lowest BCUT2D eigenvalue weighted by atomic mass is 10.1. The van der Waals surface area contributed by atoms with Crippen LogP contribution >= 0.6 is 0 Å². The fourth-order valence-corrected chi connectivity index (χ4v) is 4.07. The van der Waals surface area contributed by atoms with Gasteiger partial charge in [0, 0.05) is 24.5 Å². The van der Waals surface area contributed by atoms with E-state index in [1.165, 1.54) is 12.1 Å². The molecular weight excluding hydrogens is 505 g/mol. The van der Waals surface area contributed by atoms with E-state index in [0.717, 1.165) is 5.69 Å². The van der Waals surface area contributed by atoms with E-state index in [1.807, 2.05) is 18.2 Å². The number of aliphatic hydroxyl groups is 1. The first-order chi connectivity index (χ1) is 19.1. The highest BCUT2D eigenvalue weighted by atomic mass is 19.1. The molecule has 4 heterocycles. The van der Waals surface area contributed by atoms with Crippen LogP contribution < -0.4 is 10.6 Å². The molecule has 4 N–H and O–H groups in total. The van der Waals surface area contributed by atoms with Crippen LogP contribution in [0.1, 0.15) is 11.5 Å². The Morgan fingerprint density at radius 1 is 1.05 bits per heavy atom. The summed E-state index contributed by atoms with van der Waals surface area (Å²) in [6.45, 7) is 0.894. The third-order valence-corrected chi connectivity index (χ3v) is 6.04. The monoisotopic (exact) mass is 533 g/mol. The number of nitrogens with one attached hydrogen (secondary N) is 3. The molecule has 1 amide bonds. The third kappa shape index (κ3) is 6.79. The molecule has 1 aliphatic rings. The summed E-state index contributed by atoms with van der Waals surface area (Å²) >= 11 is 0. The molecule has 1 saturated heterocycles. The molecule has 39 heavy (non-hydrogen) atoms. The normalized spacial score (nSPS) is 17.1. The number of pyridine rings is 1. The molecular formula is C27H28FN7O4. The zero-order chi connectivity index (χ0) is 27.0. The van der Waals surface area contributed by atoms with Crippen molar-refractivity contribution in [1.29, 1.82) is 0 Å². The Kier molecular flexibility index (Phi) is 8.46. The summed E-state index contributed by atoms with van der Waals surface area (Å²) in [7, 11) is 0. The van der Waals surface area contributed by atoms with Crippen LogP contribution in [-0.4, -0.2) is 68.6 Å². The van der Waals surface area contributed by atoms with Gasteiger partial charge in [0.05, 0.1) is 61.5 Å². The Morgan fingerprint density at radius 2 is 1.87 bits per heavy atom. The van der Waals surface area contributed by atoms with Crippen molar-refractivity contribution >= 4 is 11.9 Å². The van der Waals surface area contributed by atoms with Gasteiger partial charge in [-0.1, -0.05) is 6.07 Å². The molecule has 1 aromatic carbocycles. The number of carbonyl (C=O) groups is 1. The van der Waals surface area contributed by atoms with E-state index in [9.17, 15) is 9.18 Å². The molecule has 0 unspecified atom stereocenters. The molecule has 1 aliphatic heterocycles. The first-order valence-corrected chi connectivity index (χ1v) is 12.5. The van der Waals surface area contributed by atoms with Crippen molar-refractivity contribution in [3.8, 4) is 22.6 Å². The molecule has 0 aliphatic carbocycles. The smallest absolute Gasteiger partial charge is 0.227 e. The molecule has 0 saturated carbocycles. The minimum absolute atomic E-state index is 0.131. The number of rotatable bonds is 10. The van der Waals surface area contributed by atoms with Gasteiger partial charge < -0.3 is 30.2 Å². The third-order valence-electron chi connectivity index (χ3n) is 6.04. The number of carbonyl (C=O) groups excluding carboxylic acids is 1. The molecule has 0 radical (unpaired) electrons. The number of H-pyrrole nitrogens is 1. The highest BCUT2D eigenvalue weighted by Gasteiger charge is 2.28. The van der Waals surface area contributed by atoms with Gasteiger partial charge in [0.2, 0.25) is 11.9 Å². The van der Waals surface area contributed by atoms with Gasteiger partial charge in [-0.15, -0.1) is 0 Å². The second-order valence-corrected chi connectivity index (χ2v) is 8.87. The van der Waals surface area contributed by atoms with E-state index in [4.69, 9.17) is 19.6 Å². The van der Waals surface area contributed by atoms with E-state index < -0.39 is 12.2 Å². The minimum Gasteiger partial charge on any atom is -0.395 e. The number of hydrogen-bond acceptors (Lipinski definition) is 9. The van der Waals surface area contributed by atoms with Gasteiger partial charge in [-0.2, -0.15) is 0 Å². The lowest BCUT2D eigenvalue weighted by molar-refractivity contribution is -0.200. The highest BCUT2D eigenvalue weighted by molar-refractivity contribution is 5.79. The maximum Gasteiger partial charge on any atom is 0.227 e. The van der Waals surface area contributed by atoms with Crippen molar-refractivity contribution in [2.45, 2.75) is 19.3 Å². The van der Waals surface area contributed by atoms with E-state index in [1.54, 1.807) is 30.6 Å². The van der Waals surface area contributed by atoms with Crippen molar-refractivity contribution in [3.63, 3.8) is 0 Å². The lowest BCUT2D eigenvalue weighted by Crippen LogP contribution is -2.43. The molecule has 0 spiro atoms. The first-order valence-electron chi connectivity index (χ1n) is 12.5. The summed E-state index contributed by atoms with van der Waals surface area (Å²) < 4.78 is 25.2. The largest absolute Gasteiger partial charge is 0.395 e. The number of anilines is 1. The van der Waals surface area contributed by atoms with Crippen molar-refractivity contribution < 1.29 is 23.8 Å². The predicted molar refractivity (Wildman–Crippen MR) is 140 cm³/mol. The maximum absolute atomic E-state index is 13.6. The molecule has 0 atom stereocenters. The van der Waals surface area contributed by atoms with Gasteiger partial charge >= 0.3 is 0 Å². The van der Waals surface area contributed by atoms with Crippen molar-refractivity contribution in [3.05, 3.63) is 78.3 Å². The Bertz CT molecular complexity index is 1380. The Balaban J connectivity index is 1.34. The number of aliphatic hydroxyl groups excluding tert-OH is 1. The van der Waals surface area contributed by atoms with Crippen LogP contribution in [-0.2, 0) is 27.2 Å². The summed E-state index contributed by atoms with van der Waals surface area (Å²) in [6.07, 6.45) is 3.07. The first kappa shape index (κ1) is 26.4.